The summed E-state index contributed by atoms with van der Waals surface area (Å²) in [7, 11) is 3.12. The highest BCUT2D eigenvalue weighted by molar-refractivity contribution is 6.09. The average molecular weight is 783 g/mol. The van der Waals surface area contributed by atoms with Crippen LogP contribution in [0.15, 0.2) is 121 Å². The summed E-state index contributed by atoms with van der Waals surface area (Å²) in [6, 6.07) is 35.8. The van der Waals surface area contributed by atoms with E-state index in [1.165, 1.54) is 0 Å². The van der Waals surface area contributed by atoms with E-state index in [9.17, 15) is 24.3 Å². The number of hydrogen-bond acceptors (Lipinski definition) is 8. The molecule has 7 rings (SSSR count). The molecule has 2 aliphatic heterocycles. The SMILES string of the molecule is COc1ccc(C(=O)Nc2ccc(CN3C(=O)[C@@]4(O[C@@H](CC(=O)N(CCO)Cc5ccccc5)C[C@H]4C)c4cc(NC(=O)c5ccc(OC)cc5)ccc43)cc2)cc1. The second-order valence-electron chi connectivity index (χ2n) is 14.5. The predicted molar refractivity (Wildman–Crippen MR) is 220 cm³/mol. The quantitative estimate of drug-likeness (QED) is 0.112. The van der Waals surface area contributed by atoms with Gasteiger partial charge >= 0.3 is 0 Å². The Labute approximate surface area is 337 Å². The second-order valence-corrected chi connectivity index (χ2v) is 14.5. The van der Waals surface area contributed by atoms with Crippen LogP contribution >= 0.6 is 0 Å². The second kappa shape index (κ2) is 17.3. The minimum absolute atomic E-state index is 0.0269. The van der Waals surface area contributed by atoms with Crippen LogP contribution in [0.4, 0.5) is 17.1 Å². The number of ether oxygens (including phenoxy) is 3. The van der Waals surface area contributed by atoms with Crippen molar-refractivity contribution >= 4 is 40.7 Å². The first-order valence-corrected chi connectivity index (χ1v) is 19.2. The minimum atomic E-state index is -1.42. The van der Waals surface area contributed by atoms with Crippen LogP contribution in [-0.2, 0) is 33.0 Å². The number of nitrogens with one attached hydrogen (secondary N) is 2. The summed E-state index contributed by atoms with van der Waals surface area (Å²) in [4.78, 5) is 58.1. The summed E-state index contributed by atoms with van der Waals surface area (Å²) >= 11 is 0. The van der Waals surface area contributed by atoms with Gasteiger partial charge in [0.05, 0.1) is 45.6 Å². The number of aliphatic hydroxyl groups excluding tert-OH is 1. The monoisotopic (exact) mass is 782 g/mol. The first-order chi connectivity index (χ1) is 28.1. The first-order valence-electron chi connectivity index (χ1n) is 19.2. The lowest BCUT2D eigenvalue weighted by Crippen LogP contribution is -2.44. The number of nitrogens with zero attached hydrogens (tertiary/aromatic N) is 2. The summed E-state index contributed by atoms with van der Waals surface area (Å²) in [6.45, 7) is 2.47. The Morgan fingerprint density at radius 3 is 1.97 bits per heavy atom. The molecule has 1 saturated heterocycles. The van der Waals surface area contributed by atoms with Crippen LogP contribution < -0.4 is 25.0 Å². The molecule has 1 spiro atoms. The Hall–Kier alpha value is -6.50. The van der Waals surface area contributed by atoms with E-state index in [0.717, 1.165) is 11.1 Å². The van der Waals surface area contributed by atoms with Crippen molar-refractivity contribution in [2.45, 2.75) is 44.6 Å². The third-order valence-electron chi connectivity index (χ3n) is 10.8. The van der Waals surface area contributed by atoms with E-state index in [2.05, 4.69) is 10.6 Å². The van der Waals surface area contributed by atoms with Crippen LogP contribution in [0, 0.1) is 5.92 Å². The van der Waals surface area contributed by atoms with Gasteiger partial charge in [-0.05, 0) is 96.4 Å². The molecule has 0 bridgehead atoms. The van der Waals surface area contributed by atoms with Crippen molar-refractivity contribution in [1.29, 1.82) is 0 Å². The molecule has 12 heteroatoms. The average Bonchev–Trinajstić information content (AvgIpc) is 3.69. The Balaban J connectivity index is 1.14. The molecule has 2 aliphatic rings. The normalized spacial score (nSPS) is 18.1. The fourth-order valence-corrected chi connectivity index (χ4v) is 7.74. The molecule has 12 nitrogen and oxygen atoms in total. The van der Waals surface area contributed by atoms with E-state index in [1.54, 1.807) is 96.8 Å². The van der Waals surface area contributed by atoms with Gasteiger partial charge in [0.2, 0.25) is 5.91 Å². The maximum Gasteiger partial charge on any atom is 0.264 e. The molecular weight excluding hydrogens is 737 g/mol. The summed E-state index contributed by atoms with van der Waals surface area (Å²) < 4.78 is 17.2. The molecular formula is C46H46N4O8. The van der Waals surface area contributed by atoms with Crippen LogP contribution in [0.1, 0.15) is 57.2 Å². The number of carbonyl (C=O) groups excluding carboxylic acids is 4. The maximum absolute atomic E-state index is 14.8. The molecule has 0 radical (unpaired) electrons. The van der Waals surface area contributed by atoms with Crippen molar-refractivity contribution in [1.82, 2.24) is 4.90 Å². The van der Waals surface area contributed by atoms with Gasteiger partial charge in [0.15, 0.2) is 5.60 Å². The van der Waals surface area contributed by atoms with Crippen molar-refractivity contribution in [3.05, 3.63) is 149 Å². The van der Waals surface area contributed by atoms with Crippen LogP contribution in [0.5, 0.6) is 11.5 Å². The molecule has 5 aromatic rings. The summed E-state index contributed by atoms with van der Waals surface area (Å²) in [5.41, 5.74) is 3.56. The van der Waals surface area contributed by atoms with E-state index >= 15 is 0 Å². The highest BCUT2D eigenvalue weighted by atomic mass is 16.5. The molecule has 58 heavy (non-hydrogen) atoms. The van der Waals surface area contributed by atoms with E-state index in [-0.39, 0.29) is 55.7 Å². The fraction of sp³-hybridized carbons (Fsp3) is 0.261. The maximum atomic E-state index is 14.8. The number of aliphatic hydroxyl groups is 1. The third-order valence-corrected chi connectivity index (χ3v) is 10.8. The van der Waals surface area contributed by atoms with Gasteiger partial charge in [0.1, 0.15) is 11.5 Å². The van der Waals surface area contributed by atoms with Crippen LogP contribution in [-0.4, -0.2) is 67.1 Å². The van der Waals surface area contributed by atoms with Gasteiger partial charge in [-0.25, -0.2) is 0 Å². The third kappa shape index (κ3) is 8.29. The molecule has 3 N–H and O–H groups in total. The lowest BCUT2D eigenvalue weighted by molar-refractivity contribution is -0.150. The molecule has 0 aliphatic carbocycles. The number of anilines is 3. The topological polar surface area (TPSA) is 147 Å². The van der Waals surface area contributed by atoms with Crippen molar-refractivity contribution in [2.24, 2.45) is 5.92 Å². The zero-order valence-corrected chi connectivity index (χ0v) is 32.6. The van der Waals surface area contributed by atoms with Crippen molar-refractivity contribution in [3.63, 3.8) is 0 Å². The Bertz CT molecular complexity index is 2260. The summed E-state index contributed by atoms with van der Waals surface area (Å²) in [5, 5.41) is 15.7. The van der Waals surface area contributed by atoms with Gasteiger partial charge in [0.25, 0.3) is 17.7 Å². The fourth-order valence-electron chi connectivity index (χ4n) is 7.74. The van der Waals surface area contributed by atoms with Crippen LogP contribution in [0.2, 0.25) is 0 Å². The number of rotatable bonds is 14. The van der Waals surface area contributed by atoms with Gasteiger partial charge in [-0.15, -0.1) is 0 Å². The number of carbonyl (C=O) groups is 4. The Kier molecular flexibility index (Phi) is 11.9. The lowest BCUT2D eigenvalue weighted by atomic mass is 9.82. The molecule has 0 aromatic heterocycles. The molecule has 1 fully saturated rings. The van der Waals surface area contributed by atoms with Gasteiger partial charge in [-0.1, -0.05) is 49.4 Å². The lowest BCUT2D eigenvalue weighted by Gasteiger charge is -2.29. The highest BCUT2D eigenvalue weighted by Gasteiger charge is 2.60. The number of methoxy groups -OCH3 is 2. The number of fused-ring (bicyclic) bond motifs is 2. The molecule has 5 aromatic carbocycles. The van der Waals surface area contributed by atoms with E-state index in [1.807, 2.05) is 55.5 Å². The smallest absolute Gasteiger partial charge is 0.264 e. The zero-order valence-electron chi connectivity index (χ0n) is 32.6. The van der Waals surface area contributed by atoms with Gasteiger partial charge in [-0.2, -0.15) is 0 Å². The number of benzene rings is 5. The Morgan fingerprint density at radius 1 is 0.793 bits per heavy atom. The van der Waals surface area contributed by atoms with E-state index in [4.69, 9.17) is 14.2 Å². The van der Waals surface area contributed by atoms with Crippen molar-refractivity contribution in [3.8, 4) is 11.5 Å². The van der Waals surface area contributed by atoms with Crippen molar-refractivity contribution < 1.29 is 38.5 Å². The molecule has 3 atom stereocenters. The minimum Gasteiger partial charge on any atom is -0.497 e. The van der Waals surface area contributed by atoms with Gasteiger partial charge in [0, 0.05) is 47.1 Å². The zero-order chi connectivity index (χ0) is 40.8. The van der Waals surface area contributed by atoms with E-state index < -0.39 is 11.7 Å². The molecule has 0 unspecified atom stereocenters. The molecule has 0 saturated carbocycles. The predicted octanol–water partition coefficient (Wildman–Crippen LogP) is 6.79. The highest BCUT2D eigenvalue weighted by Crippen LogP contribution is 2.54. The molecule has 2 heterocycles. The summed E-state index contributed by atoms with van der Waals surface area (Å²) in [6.07, 6.45) is -0.116. The number of hydrogen-bond donors (Lipinski definition) is 3. The van der Waals surface area contributed by atoms with E-state index in [0.29, 0.717) is 58.2 Å². The molecule has 298 valence electrons. The van der Waals surface area contributed by atoms with Crippen molar-refractivity contribution in [2.75, 3.05) is 42.9 Å². The standard InChI is InChI=1S/C46H46N4O8/c1-30-25-39(27-42(52)49(23-24-51)28-31-7-5-4-6-8-31)58-46(30)40-26-36(48-44(54)34-13-20-38(57-3)21-14-34)17-22-41(40)50(45(46)55)29-32-9-15-35(16-10-32)47-43(53)33-11-18-37(56-2)19-12-33/h4-22,26,30,39,51H,23-25,27-29H2,1-3H3,(H,47,53)(H,48,54)/t30-,39-,46+/m1/s1. The largest absolute Gasteiger partial charge is 0.497 e. The molecule has 4 amide bonds. The Morgan fingerprint density at radius 2 is 1.38 bits per heavy atom. The van der Waals surface area contributed by atoms with Crippen LogP contribution in [0.3, 0.4) is 0 Å². The van der Waals surface area contributed by atoms with Gasteiger partial charge < -0.3 is 39.8 Å². The summed E-state index contributed by atoms with van der Waals surface area (Å²) in [5.74, 6) is -0.0989. The van der Waals surface area contributed by atoms with Crippen LogP contribution in [0.25, 0.3) is 0 Å². The number of amides is 4. The first kappa shape index (κ1) is 39.7. The van der Waals surface area contributed by atoms with Gasteiger partial charge in [-0.3, -0.25) is 19.2 Å².